The van der Waals surface area contributed by atoms with Gasteiger partial charge < -0.3 is 5.73 Å². The summed E-state index contributed by atoms with van der Waals surface area (Å²) in [5.41, 5.74) is 6.23. The van der Waals surface area contributed by atoms with E-state index in [-0.39, 0.29) is 5.54 Å². The van der Waals surface area contributed by atoms with Crippen LogP contribution in [-0.4, -0.2) is 18.6 Å². The molecule has 0 heterocycles. The van der Waals surface area contributed by atoms with Gasteiger partial charge in [-0.05, 0) is 19.8 Å². The molecule has 0 spiro atoms. The molecule has 110 valence electrons. The first kappa shape index (κ1) is 16.5. The molecule has 0 unspecified atom stereocenters. The fourth-order valence-electron chi connectivity index (χ4n) is 3.06. The van der Waals surface area contributed by atoms with Gasteiger partial charge in [0.15, 0.2) is 0 Å². The van der Waals surface area contributed by atoms with Crippen molar-refractivity contribution in [3.05, 3.63) is 0 Å². The summed E-state index contributed by atoms with van der Waals surface area (Å²) in [7, 11) is 0. The molecule has 1 saturated carbocycles. The highest BCUT2D eigenvalue weighted by Crippen LogP contribution is 2.24. The number of rotatable bonds is 3. The minimum absolute atomic E-state index is 0.142. The first-order chi connectivity index (χ1) is 9.33. The van der Waals surface area contributed by atoms with E-state index in [1.807, 2.05) is 6.92 Å². The molecule has 2 heteroatoms. The van der Waals surface area contributed by atoms with Crippen molar-refractivity contribution in [1.29, 1.82) is 0 Å². The van der Waals surface area contributed by atoms with Crippen LogP contribution in [0.25, 0.3) is 0 Å². The normalized spacial score (nSPS) is 21.6. The summed E-state index contributed by atoms with van der Waals surface area (Å²) in [5, 5.41) is 3.64. The largest absolute Gasteiger partial charge is 0.329 e. The Morgan fingerprint density at radius 2 is 1.37 bits per heavy atom. The summed E-state index contributed by atoms with van der Waals surface area (Å²) >= 11 is 0. The van der Waals surface area contributed by atoms with Crippen molar-refractivity contribution >= 4 is 0 Å². The van der Waals surface area contributed by atoms with Crippen LogP contribution in [0.4, 0.5) is 0 Å². The van der Waals surface area contributed by atoms with Gasteiger partial charge in [-0.1, -0.05) is 63.7 Å². The van der Waals surface area contributed by atoms with E-state index in [0.29, 0.717) is 0 Å². The third-order valence-corrected chi connectivity index (χ3v) is 4.43. The molecule has 0 aromatic rings. The van der Waals surface area contributed by atoms with E-state index in [1.54, 1.807) is 0 Å². The molecular formula is C17H32N2. The average Bonchev–Trinajstić information content (AvgIpc) is 2.42. The summed E-state index contributed by atoms with van der Waals surface area (Å²) in [6.45, 7) is 3.43. The first-order valence-corrected chi connectivity index (χ1v) is 8.18. The molecule has 0 bridgehead atoms. The molecule has 19 heavy (non-hydrogen) atoms. The number of hydrogen-bond donors (Lipinski definition) is 2. The Kier molecular flexibility index (Phi) is 8.95. The maximum Gasteiger partial charge on any atom is 0.0581 e. The fraction of sp³-hybridized carbons (Fsp3) is 0.882. The van der Waals surface area contributed by atoms with Crippen LogP contribution in [0.1, 0.15) is 77.6 Å². The molecule has 2 nitrogen and oxygen atoms in total. The molecule has 0 atom stereocenters. The lowest BCUT2D eigenvalue weighted by molar-refractivity contribution is 0.277. The van der Waals surface area contributed by atoms with Crippen LogP contribution >= 0.6 is 0 Å². The summed E-state index contributed by atoms with van der Waals surface area (Å²) in [6, 6.07) is 0. The lowest BCUT2D eigenvalue weighted by atomic mass is 9.85. The second-order valence-corrected chi connectivity index (χ2v) is 5.95. The van der Waals surface area contributed by atoms with Gasteiger partial charge in [-0.25, -0.2) is 0 Å². The molecule has 1 aliphatic rings. The zero-order valence-corrected chi connectivity index (χ0v) is 12.8. The van der Waals surface area contributed by atoms with Crippen molar-refractivity contribution in [2.45, 2.75) is 83.1 Å². The summed E-state index contributed by atoms with van der Waals surface area (Å²) < 4.78 is 0. The van der Waals surface area contributed by atoms with Gasteiger partial charge in [0.05, 0.1) is 6.54 Å². The third-order valence-electron chi connectivity index (χ3n) is 4.43. The molecule has 3 N–H and O–H groups in total. The van der Waals surface area contributed by atoms with Crippen molar-refractivity contribution in [3.63, 3.8) is 0 Å². The van der Waals surface area contributed by atoms with Crippen molar-refractivity contribution in [2.75, 3.05) is 13.1 Å². The topological polar surface area (TPSA) is 38.0 Å². The zero-order valence-electron chi connectivity index (χ0n) is 12.8. The Morgan fingerprint density at radius 3 is 1.79 bits per heavy atom. The number of nitrogens with one attached hydrogen (secondary N) is 1. The van der Waals surface area contributed by atoms with E-state index in [4.69, 9.17) is 5.73 Å². The lowest BCUT2D eigenvalue weighted by Gasteiger charge is -2.34. The standard InChI is InChI=1S/C17H32N2/c1-2-3-15-19-17(16-18)13-11-9-7-5-4-6-8-10-12-14-17/h19H,4-16,18H2,1H3. The average molecular weight is 264 g/mol. The van der Waals surface area contributed by atoms with E-state index in [9.17, 15) is 0 Å². The second kappa shape index (κ2) is 10.3. The second-order valence-electron chi connectivity index (χ2n) is 5.95. The molecule has 1 fully saturated rings. The minimum Gasteiger partial charge on any atom is -0.329 e. The smallest absolute Gasteiger partial charge is 0.0581 e. The quantitative estimate of drug-likeness (QED) is 0.764. The SMILES string of the molecule is CC#CCNC1(CN)CCCCCCCCCCC1. The molecular weight excluding hydrogens is 232 g/mol. The van der Waals surface area contributed by atoms with Crippen molar-refractivity contribution in [1.82, 2.24) is 5.32 Å². The number of hydrogen-bond acceptors (Lipinski definition) is 2. The number of nitrogens with two attached hydrogens (primary N) is 1. The van der Waals surface area contributed by atoms with Gasteiger partial charge >= 0.3 is 0 Å². The van der Waals surface area contributed by atoms with Crippen LogP contribution < -0.4 is 11.1 Å². The monoisotopic (exact) mass is 264 g/mol. The van der Waals surface area contributed by atoms with Crippen LogP contribution in [0.15, 0.2) is 0 Å². The molecule has 0 aromatic heterocycles. The van der Waals surface area contributed by atoms with Gasteiger partial charge in [0.2, 0.25) is 0 Å². The Morgan fingerprint density at radius 1 is 0.895 bits per heavy atom. The Hall–Kier alpha value is -0.520. The first-order valence-electron chi connectivity index (χ1n) is 8.18. The van der Waals surface area contributed by atoms with Crippen molar-refractivity contribution < 1.29 is 0 Å². The Labute approximate surface area is 119 Å². The highest BCUT2D eigenvalue weighted by molar-refractivity contribution is 5.01. The van der Waals surface area contributed by atoms with Crippen LogP contribution in [-0.2, 0) is 0 Å². The molecule has 1 aliphatic carbocycles. The molecule has 0 radical (unpaired) electrons. The van der Waals surface area contributed by atoms with Crippen LogP contribution in [0.3, 0.4) is 0 Å². The highest BCUT2D eigenvalue weighted by atomic mass is 15.0. The van der Waals surface area contributed by atoms with Gasteiger partial charge in [0.25, 0.3) is 0 Å². The van der Waals surface area contributed by atoms with E-state index in [0.717, 1.165) is 13.1 Å². The van der Waals surface area contributed by atoms with Crippen molar-refractivity contribution in [2.24, 2.45) is 5.73 Å². The molecule has 0 aliphatic heterocycles. The molecule has 0 amide bonds. The molecule has 1 rings (SSSR count). The highest BCUT2D eigenvalue weighted by Gasteiger charge is 2.26. The predicted molar refractivity (Wildman–Crippen MR) is 84.0 cm³/mol. The van der Waals surface area contributed by atoms with Crippen LogP contribution in [0, 0.1) is 11.8 Å². The fourth-order valence-corrected chi connectivity index (χ4v) is 3.06. The minimum atomic E-state index is 0.142. The van der Waals surface area contributed by atoms with E-state index < -0.39 is 0 Å². The van der Waals surface area contributed by atoms with Crippen molar-refractivity contribution in [3.8, 4) is 11.8 Å². The van der Waals surface area contributed by atoms with Gasteiger partial charge in [-0.15, -0.1) is 5.92 Å². The van der Waals surface area contributed by atoms with E-state index in [2.05, 4.69) is 17.2 Å². The van der Waals surface area contributed by atoms with E-state index in [1.165, 1.54) is 70.6 Å². The summed E-state index contributed by atoms with van der Waals surface area (Å²) in [4.78, 5) is 0. The Balaban J connectivity index is 2.51. The predicted octanol–water partition coefficient (Wildman–Crippen LogP) is 3.60. The molecule has 0 aromatic carbocycles. The lowest BCUT2D eigenvalue weighted by Crippen LogP contribution is -2.51. The van der Waals surface area contributed by atoms with Gasteiger partial charge in [-0.3, -0.25) is 5.32 Å². The maximum absolute atomic E-state index is 6.09. The van der Waals surface area contributed by atoms with Crippen LogP contribution in [0.5, 0.6) is 0 Å². The van der Waals surface area contributed by atoms with Gasteiger partial charge in [0.1, 0.15) is 0 Å². The third kappa shape index (κ3) is 6.99. The van der Waals surface area contributed by atoms with Gasteiger partial charge in [0, 0.05) is 12.1 Å². The molecule has 0 saturated heterocycles. The summed E-state index contributed by atoms with van der Waals surface area (Å²) in [5.74, 6) is 6.09. The van der Waals surface area contributed by atoms with Crippen LogP contribution in [0.2, 0.25) is 0 Å². The van der Waals surface area contributed by atoms with E-state index >= 15 is 0 Å². The Bertz CT molecular complexity index is 263. The maximum atomic E-state index is 6.09. The summed E-state index contributed by atoms with van der Waals surface area (Å²) in [6.07, 6.45) is 14.9. The zero-order chi connectivity index (χ0) is 13.8. The van der Waals surface area contributed by atoms with Gasteiger partial charge in [-0.2, -0.15) is 0 Å².